The molecule has 0 aliphatic heterocycles. The lowest BCUT2D eigenvalue weighted by atomic mass is 10.1. The van der Waals surface area contributed by atoms with Crippen LogP contribution in [-0.2, 0) is 27.7 Å². The van der Waals surface area contributed by atoms with E-state index in [0.717, 1.165) is 11.1 Å². The second kappa shape index (κ2) is 9.88. The number of sulfone groups is 1. The fourth-order valence-corrected chi connectivity index (χ4v) is 5.10. The van der Waals surface area contributed by atoms with Crippen LogP contribution in [0.25, 0.3) is 0 Å². The summed E-state index contributed by atoms with van der Waals surface area (Å²) in [5, 5.41) is 1.07. The number of hydrogen-bond donors (Lipinski definition) is 0. The van der Waals surface area contributed by atoms with E-state index in [4.69, 9.17) is 27.9 Å². The van der Waals surface area contributed by atoms with Crippen molar-refractivity contribution in [3.05, 3.63) is 113 Å². The minimum absolute atomic E-state index is 0.239. The Morgan fingerprint density at radius 3 is 2.31 bits per heavy atom. The molecular formula is C24H20Cl2N2O3S. The minimum atomic E-state index is -3.56. The average Bonchev–Trinajstić information content (AvgIpc) is 3.31. The Hall–Kier alpha value is -2.64. The van der Waals surface area contributed by atoms with Gasteiger partial charge >= 0.3 is 0 Å². The van der Waals surface area contributed by atoms with E-state index in [1.54, 1.807) is 79.3 Å². The molecular weight excluding hydrogens is 467 g/mol. The normalized spacial score (nSPS) is 12.6. The Morgan fingerprint density at radius 2 is 1.66 bits per heavy atom. The zero-order valence-corrected chi connectivity index (χ0v) is 19.3. The van der Waals surface area contributed by atoms with E-state index in [9.17, 15) is 8.42 Å². The lowest BCUT2D eigenvalue weighted by Crippen LogP contribution is -2.12. The molecule has 0 saturated carbocycles. The molecule has 0 aliphatic rings. The predicted molar refractivity (Wildman–Crippen MR) is 125 cm³/mol. The monoisotopic (exact) mass is 486 g/mol. The molecule has 0 N–H and O–H groups in total. The summed E-state index contributed by atoms with van der Waals surface area (Å²) >= 11 is 12.5. The first-order chi connectivity index (χ1) is 15.4. The Morgan fingerprint density at radius 1 is 0.938 bits per heavy atom. The summed E-state index contributed by atoms with van der Waals surface area (Å²) in [5.41, 5.74) is 1.66. The summed E-state index contributed by atoms with van der Waals surface area (Å²) in [6, 6.07) is 20.4. The third kappa shape index (κ3) is 5.22. The molecule has 0 radical (unpaired) electrons. The number of ether oxygens (including phenoxy) is 1. The number of imidazole rings is 1. The number of halogens is 2. The van der Waals surface area contributed by atoms with Crippen LogP contribution in [0.15, 0.2) is 101 Å². The van der Waals surface area contributed by atoms with Crippen molar-refractivity contribution in [2.24, 2.45) is 0 Å². The van der Waals surface area contributed by atoms with Gasteiger partial charge in [0.2, 0.25) is 9.84 Å². The van der Waals surface area contributed by atoms with Gasteiger partial charge in [-0.3, -0.25) is 0 Å². The van der Waals surface area contributed by atoms with Gasteiger partial charge < -0.3 is 9.30 Å². The van der Waals surface area contributed by atoms with Crippen molar-refractivity contribution in [1.29, 1.82) is 0 Å². The standard InChI is InChI=1S/C24H20Cl2N2O3S/c25-19-8-11-22(23(26)14-19)24(15-28-13-12-27-17-28)31-16-18-6-9-21(10-7-18)32(29,30)20-4-2-1-3-5-20/h1-14,17,24H,15-16H2. The van der Waals surface area contributed by atoms with Crippen LogP contribution < -0.4 is 0 Å². The molecule has 164 valence electrons. The number of benzene rings is 3. The Kier molecular flexibility index (Phi) is 6.96. The highest BCUT2D eigenvalue weighted by molar-refractivity contribution is 7.91. The summed E-state index contributed by atoms with van der Waals surface area (Å²) < 4.78 is 33.6. The Bertz CT molecular complexity index is 1280. The summed E-state index contributed by atoms with van der Waals surface area (Å²) in [6.45, 7) is 0.797. The van der Waals surface area contributed by atoms with E-state index < -0.39 is 9.84 Å². The zero-order valence-electron chi connectivity index (χ0n) is 16.9. The fourth-order valence-electron chi connectivity index (χ4n) is 3.29. The van der Waals surface area contributed by atoms with Crippen molar-refractivity contribution in [2.45, 2.75) is 29.0 Å². The molecule has 0 spiro atoms. The van der Waals surface area contributed by atoms with E-state index in [1.807, 2.05) is 16.8 Å². The Balaban J connectivity index is 1.52. The van der Waals surface area contributed by atoms with Crippen LogP contribution >= 0.6 is 23.2 Å². The quantitative estimate of drug-likeness (QED) is 0.307. The van der Waals surface area contributed by atoms with Crippen molar-refractivity contribution >= 4 is 33.0 Å². The SMILES string of the molecule is O=S(=O)(c1ccccc1)c1ccc(COC(Cn2ccnc2)c2ccc(Cl)cc2Cl)cc1. The van der Waals surface area contributed by atoms with Crippen molar-refractivity contribution in [1.82, 2.24) is 9.55 Å². The zero-order chi connectivity index (χ0) is 22.6. The van der Waals surface area contributed by atoms with Crippen LogP contribution in [-0.4, -0.2) is 18.0 Å². The number of hydrogen-bond acceptors (Lipinski definition) is 4. The predicted octanol–water partition coefficient (Wildman–Crippen LogP) is 5.98. The summed E-state index contributed by atoms with van der Waals surface area (Å²) in [5.74, 6) is 0. The summed E-state index contributed by atoms with van der Waals surface area (Å²) in [4.78, 5) is 4.58. The molecule has 32 heavy (non-hydrogen) atoms. The first kappa shape index (κ1) is 22.6. The van der Waals surface area contributed by atoms with Crippen molar-refractivity contribution in [3.8, 4) is 0 Å². The highest BCUT2D eigenvalue weighted by Crippen LogP contribution is 2.30. The maximum atomic E-state index is 12.8. The first-order valence-corrected chi connectivity index (χ1v) is 12.1. The molecule has 0 fully saturated rings. The lowest BCUT2D eigenvalue weighted by Gasteiger charge is -2.20. The van der Waals surface area contributed by atoms with Crippen LogP contribution in [0, 0.1) is 0 Å². The van der Waals surface area contributed by atoms with E-state index in [1.165, 1.54) is 0 Å². The third-order valence-corrected chi connectivity index (χ3v) is 7.33. The molecule has 4 aromatic rings. The van der Waals surface area contributed by atoms with E-state index in [2.05, 4.69) is 4.98 Å². The molecule has 1 aromatic heterocycles. The van der Waals surface area contributed by atoms with Crippen LogP contribution in [0.2, 0.25) is 10.0 Å². The van der Waals surface area contributed by atoms with E-state index in [0.29, 0.717) is 16.6 Å². The number of rotatable bonds is 8. The lowest BCUT2D eigenvalue weighted by molar-refractivity contribution is 0.0280. The molecule has 5 nitrogen and oxygen atoms in total. The molecule has 8 heteroatoms. The van der Waals surface area contributed by atoms with Crippen LogP contribution in [0.5, 0.6) is 0 Å². The molecule has 0 saturated heterocycles. The molecule has 3 aromatic carbocycles. The van der Waals surface area contributed by atoms with Crippen LogP contribution in [0.4, 0.5) is 0 Å². The number of aromatic nitrogens is 2. The second-order valence-corrected chi connectivity index (χ2v) is 9.98. The maximum Gasteiger partial charge on any atom is 0.206 e. The average molecular weight is 487 g/mol. The second-order valence-electron chi connectivity index (χ2n) is 7.19. The smallest absolute Gasteiger partial charge is 0.206 e. The molecule has 0 aliphatic carbocycles. The van der Waals surface area contributed by atoms with Gasteiger partial charge in [0.05, 0.1) is 29.3 Å². The minimum Gasteiger partial charge on any atom is -0.367 e. The fraction of sp³-hybridized carbons (Fsp3) is 0.125. The van der Waals surface area contributed by atoms with Gasteiger partial charge in [-0.15, -0.1) is 0 Å². The maximum absolute atomic E-state index is 12.8. The third-order valence-electron chi connectivity index (χ3n) is 4.98. The van der Waals surface area contributed by atoms with Crippen molar-refractivity contribution < 1.29 is 13.2 Å². The van der Waals surface area contributed by atoms with Gasteiger partial charge in [0.1, 0.15) is 6.10 Å². The van der Waals surface area contributed by atoms with Gasteiger partial charge in [-0.2, -0.15) is 0 Å². The molecule has 0 amide bonds. The summed E-state index contributed by atoms with van der Waals surface area (Å²) in [7, 11) is -3.56. The first-order valence-electron chi connectivity index (χ1n) is 9.85. The highest BCUT2D eigenvalue weighted by atomic mass is 35.5. The van der Waals surface area contributed by atoms with E-state index >= 15 is 0 Å². The van der Waals surface area contributed by atoms with Gasteiger partial charge in [0.25, 0.3) is 0 Å². The molecule has 4 rings (SSSR count). The van der Waals surface area contributed by atoms with Crippen molar-refractivity contribution in [2.75, 3.05) is 0 Å². The highest BCUT2D eigenvalue weighted by Gasteiger charge is 2.19. The molecule has 1 heterocycles. The van der Waals surface area contributed by atoms with Gasteiger partial charge in [0, 0.05) is 28.0 Å². The van der Waals surface area contributed by atoms with Gasteiger partial charge in [-0.1, -0.05) is 59.6 Å². The van der Waals surface area contributed by atoms with Crippen LogP contribution in [0.1, 0.15) is 17.2 Å². The topological polar surface area (TPSA) is 61.2 Å². The Labute approximate surface area is 197 Å². The number of nitrogens with zero attached hydrogens (tertiary/aromatic N) is 2. The molecule has 0 bridgehead atoms. The van der Waals surface area contributed by atoms with Gasteiger partial charge in [-0.05, 0) is 42.0 Å². The summed E-state index contributed by atoms with van der Waals surface area (Å²) in [6.07, 6.45) is 4.92. The van der Waals surface area contributed by atoms with E-state index in [-0.39, 0.29) is 22.5 Å². The van der Waals surface area contributed by atoms with Crippen molar-refractivity contribution in [3.63, 3.8) is 0 Å². The van der Waals surface area contributed by atoms with Gasteiger partial charge in [-0.25, -0.2) is 13.4 Å². The largest absolute Gasteiger partial charge is 0.367 e. The molecule has 1 unspecified atom stereocenters. The molecule has 1 atom stereocenters. The van der Waals surface area contributed by atoms with Gasteiger partial charge in [0.15, 0.2) is 0 Å². The van der Waals surface area contributed by atoms with Crippen LogP contribution in [0.3, 0.4) is 0 Å².